The Morgan fingerprint density at radius 1 is 1.43 bits per heavy atom. The third-order valence-electron chi connectivity index (χ3n) is 2.33. The highest BCUT2D eigenvalue weighted by molar-refractivity contribution is 5.75. The standard InChI is InChI=1S/C9H17F2NO2/c1-4-7(5-2)12(3)6-9(10,11)8(13)14/h7H,4-6H2,1-3H3,(H,13,14). The van der Waals surface area contributed by atoms with E-state index in [-0.39, 0.29) is 6.04 Å². The zero-order valence-corrected chi connectivity index (χ0v) is 8.76. The highest BCUT2D eigenvalue weighted by Gasteiger charge is 2.40. The van der Waals surface area contributed by atoms with Crippen LogP contribution in [0.15, 0.2) is 0 Å². The van der Waals surface area contributed by atoms with Crippen LogP contribution in [0.25, 0.3) is 0 Å². The van der Waals surface area contributed by atoms with E-state index < -0.39 is 18.4 Å². The van der Waals surface area contributed by atoms with Crippen molar-refractivity contribution < 1.29 is 18.7 Å². The zero-order chi connectivity index (χ0) is 11.4. The van der Waals surface area contributed by atoms with Crippen LogP contribution >= 0.6 is 0 Å². The zero-order valence-electron chi connectivity index (χ0n) is 8.76. The van der Waals surface area contributed by atoms with Crippen molar-refractivity contribution in [3.63, 3.8) is 0 Å². The highest BCUT2D eigenvalue weighted by Crippen LogP contribution is 2.17. The van der Waals surface area contributed by atoms with E-state index in [1.807, 2.05) is 13.8 Å². The molecule has 1 N–H and O–H groups in total. The summed E-state index contributed by atoms with van der Waals surface area (Å²) < 4.78 is 25.6. The predicted octanol–water partition coefficient (Wildman–Crippen LogP) is 1.83. The van der Waals surface area contributed by atoms with Gasteiger partial charge in [-0.05, 0) is 19.9 Å². The molecule has 0 aromatic heterocycles. The summed E-state index contributed by atoms with van der Waals surface area (Å²) in [7, 11) is 1.52. The monoisotopic (exact) mass is 209 g/mol. The fourth-order valence-corrected chi connectivity index (χ4v) is 1.42. The molecule has 3 nitrogen and oxygen atoms in total. The molecule has 0 radical (unpaired) electrons. The van der Waals surface area contributed by atoms with E-state index in [9.17, 15) is 13.6 Å². The first-order chi connectivity index (χ1) is 6.35. The second-order valence-corrected chi connectivity index (χ2v) is 3.40. The van der Waals surface area contributed by atoms with Gasteiger partial charge in [-0.2, -0.15) is 8.78 Å². The Hall–Kier alpha value is -0.710. The van der Waals surface area contributed by atoms with E-state index >= 15 is 0 Å². The van der Waals surface area contributed by atoms with Crippen molar-refractivity contribution in [3.05, 3.63) is 0 Å². The molecule has 0 aromatic carbocycles. The first-order valence-corrected chi connectivity index (χ1v) is 4.66. The maximum Gasteiger partial charge on any atom is 0.375 e. The fourth-order valence-electron chi connectivity index (χ4n) is 1.42. The maximum absolute atomic E-state index is 12.8. The molecule has 0 atom stereocenters. The number of carboxylic acid groups (broad SMARTS) is 1. The van der Waals surface area contributed by atoms with Crippen LogP contribution in [0.1, 0.15) is 26.7 Å². The van der Waals surface area contributed by atoms with Gasteiger partial charge >= 0.3 is 11.9 Å². The van der Waals surface area contributed by atoms with Gasteiger partial charge in [0.05, 0.1) is 6.54 Å². The smallest absolute Gasteiger partial charge is 0.375 e. The van der Waals surface area contributed by atoms with Gasteiger partial charge in [0.15, 0.2) is 0 Å². The molecule has 0 fully saturated rings. The number of aliphatic carboxylic acids is 1. The van der Waals surface area contributed by atoms with Crippen molar-refractivity contribution in [1.82, 2.24) is 4.90 Å². The maximum atomic E-state index is 12.8. The van der Waals surface area contributed by atoms with Crippen LogP contribution in [0.5, 0.6) is 0 Å². The molecular weight excluding hydrogens is 192 g/mol. The molecular formula is C9H17F2NO2. The summed E-state index contributed by atoms with van der Waals surface area (Å²) in [6.07, 6.45) is 1.48. The SMILES string of the molecule is CCC(CC)N(C)CC(F)(F)C(=O)O. The normalized spacial score (nSPS) is 12.5. The summed E-state index contributed by atoms with van der Waals surface area (Å²) in [6.45, 7) is 3.06. The second-order valence-electron chi connectivity index (χ2n) is 3.40. The first-order valence-electron chi connectivity index (χ1n) is 4.66. The molecule has 0 aliphatic carbocycles. The molecule has 0 aliphatic rings. The fraction of sp³-hybridized carbons (Fsp3) is 0.889. The van der Waals surface area contributed by atoms with Crippen molar-refractivity contribution >= 4 is 5.97 Å². The van der Waals surface area contributed by atoms with Crippen LogP contribution in [-0.2, 0) is 4.79 Å². The van der Waals surface area contributed by atoms with Crippen molar-refractivity contribution in [2.24, 2.45) is 0 Å². The Labute approximate surface area is 82.7 Å². The number of halogens is 2. The predicted molar refractivity (Wildman–Crippen MR) is 49.6 cm³/mol. The summed E-state index contributed by atoms with van der Waals surface area (Å²) in [5, 5.41) is 8.24. The van der Waals surface area contributed by atoms with E-state index in [1.165, 1.54) is 11.9 Å². The number of carbonyl (C=O) groups is 1. The van der Waals surface area contributed by atoms with Crippen molar-refractivity contribution in [2.45, 2.75) is 38.7 Å². The quantitative estimate of drug-likeness (QED) is 0.725. The third kappa shape index (κ3) is 3.57. The van der Waals surface area contributed by atoms with E-state index in [0.717, 1.165) is 12.8 Å². The average molecular weight is 209 g/mol. The van der Waals surface area contributed by atoms with Crippen LogP contribution in [0.4, 0.5) is 8.78 Å². The summed E-state index contributed by atoms with van der Waals surface area (Å²) in [5.41, 5.74) is 0. The molecule has 0 saturated carbocycles. The van der Waals surface area contributed by atoms with Crippen LogP contribution in [-0.4, -0.2) is 41.5 Å². The second kappa shape index (κ2) is 5.24. The average Bonchev–Trinajstić information content (AvgIpc) is 2.05. The summed E-state index contributed by atoms with van der Waals surface area (Å²) in [4.78, 5) is 11.6. The number of rotatable bonds is 6. The van der Waals surface area contributed by atoms with E-state index in [4.69, 9.17) is 5.11 Å². The molecule has 0 heterocycles. The minimum Gasteiger partial charge on any atom is -0.477 e. The largest absolute Gasteiger partial charge is 0.477 e. The highest BCUT2D eigenvalue weighted by atomic mass is 19.3. The summed E-state index contributed by atoms with van der Waals surface area (Å²) in [6, 6.07) is 0.0141. The summed E-state index contributed by atoms with van der Waals surface area (Å²) >= 11 is 0. The summed E-state index contributed by atoms with van der Waals surface area (Å²) in [5.74, 6) is -5.72. The molecule has 0 saturated heterocycles. The minimum atomic E-state index is -3.66. The lowest BCUT2D eigenvalue weighted by Gasteiger charge is -2.28. The molecule has 0 aliphatic heterocycles. The van der Waals surface area contributed by atoms with Crippen molar-refractivity contribution in [2.75, 3.05) is 13.6 Å². The molecule has 14 heavy (non-hydrogen) atoms. The van der Waals surface area contributed by atoms with E-state index in [1.54, 1.807) is 0 Å². The van der Waals surface area contributed by atoms with Crippen LogP contribution in [0.2, 0.25) is 0 Å². The number of nitrogens with zero attached hydrogens (tertiary/aromatic N) is 1. The first kappa shape index (κ1) is 13.3. The molecule has 0 bridgehead atoms. The van der Waals surface area contributed by atoms with E-state index in [2.05, 4.69) is 0 Å². The number of carboxylic acids is 1. The number of hydrogen-bond donors (Lipinski definition) is 1. The van der Waals surface area contributed by atoms with Gasteiger partial charge in [0.1, 0.15) is 0 Å². The van der Waals surface area contributed by atoms with Gasteiger partial charge in [0.2, 0.25) is 0 Å². The number of alkyl halides is 2. The molecule has 0 rings (SSSR count). The lowest BCUT2D eigenvalue weighted by atomic mass is 10.1. The molecule has 0 aromatic rings. The lowest BCUT2D eigenvalue weighted by molar-refractivity contribution is -0.167. The number of hydrogen-bond acceptors (Lipinski definition) is 2. The molecule has 84 valence electrons. The van der Waals surface area contributed by atoms with Crippen LogP contribution in [0, 0.1) is 0 Å². The van der Waals surface area contributed by atoms with Crippen LogP contribution < -0.4 is 0 Å². The Morgan fingerprint density at radius 3 is 2.14 bits per heavy atom. The van der Waals surface area contributed by atoms with Gasteiger partial charge in [-0.3, -0.25) is 4.90 Å². The van der Waals surface area contributed by atoms with Gasteiger partial charge in [-0.1, -0.05) is 13.8 Å². The van der Waals surface area contributed by atoms with Gasteiger partial charge in [0.25, 0.3) is 0 Å². The minimum absolute atomic E-state index is 0.0141. The Bertz CT molecular complexity index is 193. The molecule has 0 spiro atoms. The Morgan fingerprint density at radius 2 is 1.86 bits per heavy atom. The Kier molecular flexibility index (Phi) is 4.97. The van der Waals surface area contributed by atoms with Gasteiger partial charge < -0.3 is 5.11 Å². The topological polar surface area (TPSA) is 40.5 Å². The van der Waals surface area contributed by atoms with Gasteiger partial charge in [0, 0.05) is 6.04 Å². The molecule has 0 unspecified atom stereocenters. The Balaban J connectivity index is 4.29. The van der Waals surface area contributed by atoms with Gasteiger partial charge in [-0.15, -0.1) is 0 Å². The lowest BCUT2D eigenvalue weighted by Crippen LogP contribution is -2.44. The third-order valence-corrected chi connectivity index (χ3v) is 2.33. The van der Waals surface area contributed by atoms with Crippen molar-refractivity contribution in [1.29, 1.82) is 0 Å². The molecule has 0 amide bonds. The van der Waals surface area contributed by atoms with Gasteiger partial charge in [-0.25, -0.2) is 4.79 Å². The van der Waals surface area contributed by atoms with Crippen molar-refractivity contribution in [3.8, 4) is 0 Å². The van der Waals surface area contributed by atoms with E-state index in [0.29, 0.717) is 0 Å². The molecule has 5 heteroatoms. The van der Waals surface area contributed by atoms with Crippen LogP contribution in [0.3, 0.4) is 0 Å².